The molecule has 1 aliphatic carbocycles. The van der Waals surface area contributed by atoms with Gasteiger partial charge in [0, 0.05) is 5.02 Å². The molecule has 1 saturated carbocycles. The summed E-state index contributed by atoms with van der Waals surface area (Å²) in [6.07, 6.45) is 2.73. The Morgan fingerprint density at radius 3 is 2.46 bits per heavy atom. The predicted molar refractivity (Wildman–Crippen MR) is 95.2 cm³/mol. The number of benzene rings is 1. The molecule has 1 aliphatic rings. The summed E-state index contributed by atoms with van der Waals surface area (Å²) in [5, 5.41) is 13.0. The summed E-state index contributed by atoms with van der Waals surface area (Å²) < 4.78 is 0. The van der Waals surface area contributed by atoms with Gasteiger partial charge < -0.3 is 10.4 Å². The molecule has 1 fully saturated rings. The van der Waals surface area contributed by atoms with Crippen LogP contribution in [0.25, 0.3) is 0 Å². The lowest BCUT2D eigenvalue weighted by Gasteiger charge is -2.38. The second kappa shape index (κ2) is 7.56. The summed E-state index contributed by atoms with van der Waals surface area (Å²) >= 11 is 6.17. The molecule has 0 saturated heterocycles. The van der Waals surface area contributed by atoms with Crippen LogP contribution in [0.5, 0.6) is 0 Å². The topological polar surface area (TPSA) is 66.4 Å². The maximum absolute atomic E-state index is 12.4. The molecule has 5 heteroatoms. The first-order chi connectivity index (χ1) is 11.2. The number of nitrogens with one attached hydrogen (secondary N) is 1. The fraction of sp³-hybridized carbons (Fsp3) is 0.579. The standard InChI is InChI=1S/C19H26ClNO3/c1-12(2)14-6-8-19(9-7-14,18(23)24)21-17(22)11-15-5-4-13(3)10-16(15)20/h4-5,10,12,14H,6-9,11H2,1-3H3,(H,21,22)(H,23,24). The Morgan fingerprint density at radius 1 is 1.33 bits per heavy atom. The number of carboxylic acids is 1. The van der Waals surface area contributed by atoms with Crippen molar-refractivity contribution in [3.05, 3.63) is 34.3 Å². The fourth-order valence-corrected chi connectivity index (χ4v) is 3.77. The molecule has 0 heterocycles. The van der Waals surface area contributed by atoms with Gasteiger partial charge in [-0.2, -0.15) is 0 Å². The van der Waals surface area contributed by atoms with Crippen LogP contribution in [0, 0.1) is 18.8 Å². The molecule has 0 radical (unpaired) electrons. The number of halogens is 1. The lowest BCUT2D eigenvalue weighted by atomic mass is 9.72. The number of hydrogen-bond donors (Lipinski definition) is 2. The lowest BCUT2D eigenvalue weighted by Crippen LogP contribution is -2.57. The monoisotopic (exact) mass is 351 g/mol. The molecule has 0 unspecified atom stereocenters. The summed E-state index contributed by atoms with van der Waals surface area (Å²) in [4.78, 5) is 24.2. The van der Waals surface area contributed by atoms with Gasteiger partial charge in [-0.1, -0.05) is 37.6 Å². The van der Waals surface area contributed by atoms with E-state index in [0.29, 0.717) is 29.7 Å². The van der Waals surface area contributed by atoms with Gasteiger partial charge in [-0.15, -0.1) is 0 Å². The van der Waals surface area contributed by atoms with E-state index in [1.807, 2.05) is 25.1 Å². The Balaban J connectivity index is 2.05. The van der Waals surface area contributed by atoms with Crippen LogP contribution >= 0.6 is 11.6 Å². The van der Waals surface area contributed by atoms with Crippen molar-refractivity contribution in [2.75, 3.05) is 0 Å². The smallest absolute Gasteiger partial charge is 0.329 e. The normalized spacial score (nSPS) is 24.0. The van der Waals surface area contributed by atoms with E-state index in [9.17, 15) is 14.7 Å². The first kappa shape index (κ1) is 18.8. The van der Waals surface area contributed by atoms with E-state index in [-0.39, 0.29) is 12.3 Å². The minimum Gasteiger partial charge on any atom is -0.480 e. The molecule has 0 spiro atoms. The number of aliphatic carboxylic acids is 1. The van der Waals surface area contributed by atoms with Gasteiger partial charge in [-0.25, -0.2) is 4.79 Å². The number of carbonyl (C=O) groups is 2. The maximum Gasteiger partial charge on any atom is 0.329 e. The van der Waals surface area contributed by atoms with E-state index in [4.69, 9.17) is 11.6 Å². The van der Waals surface area contributed by atoms with Crippen LogP contribution < -0.4 is 5.32 Å². The van der Waals surface area contributed by atoms with Crippen LogP contribution in [-0.4, -0.2) is 22.5 Å². The maximum atomic E-state index is 12.4. The number of carbonyl (C=O) groups excluding carboxylic acids is 1. The lowest BCUT2D eigenvalue weighted by molar-refractivity contribution is -0.149. The molecule has 1 aromatic carbocycles. The number of hydrogen-bond acceptors (Lipinski definition) is 2. The molecule has 1 amide bonds. The third kappa shape index (κ3) is 4.29. The van der Waals surface area contributed by atoms with Gasteiger partial charge in [0.2, 0.25) is 5.91 Å². The molecule has 1 aromatic rings. The van der Waals surface area contributed by atoms with Crippen molar-refractivity contribution in [2.24, 2.45) is 11.8 Å². The third-order valence-corrected chi connectivity index (χ3v) is 5.53. The zero-order valence-electron chi connectivity index (χ0n) is 14.6. The van der Waals surface area contributed by atoms with Crippen LogP contribution in [0.2, 0.25) is 5.02 Å². The van der Waals surface area contributed by atoms with Crippen LogP contribution in [0.3, 0.4) is 0 Å². The zero-order chi connectivity index (χ0) is 17.9. The van der Waals surface area contributed by atoms with Crippen LogP contribution in [0.15, 0.2) is 18.2 Å². The minimum absolute atomic E-state index is 0.0990. The number of amides is 1. The highest BCUT2D eigenvalue weighted by Gasteiger charge is 2.43. The van der Waals surface area contributed by atoms with E-state index in [0.717, 1.165) is 24.0 Å². The van der Waals surface area contributed by atoms with Gasteiger partial charge in [-0.05, 0) is 61.6 Å². The van der Waals surface area contributed by atoms with E-state index < -0.39 is 11.5 Å². The van der Waals surface area contributed by atoms with Crippen LogP contribution in [0.1, 0.15) is 50.7 Å². The van der Waals surface area contributed by atoms with Crippen LogP contribution in [0.4, 0.5) is 0 Å². The summed E-state index contributed by atoms with van der Waals surface area (Å²) in [7, 11) is 0. The second-order valence-corrected chi connectivity index (χ2v) is 7.70. The number of carboxylic acid groups (broad SMARTS) is 1. The summed E-state index contributed by atoms with van der Waals surface area (Å²) in [6, 6.07) is 5.53. The average Bonchev–Trinajstić information content (AvgIpc) is 2.50. The Bertz CT molecular complexity index is 619. The highest BCUT2D eigenvalue weighted by atomic mass is 35.5. The predicted octanol–water partition coefficient (Wildman–Crippen LogP) is 3.98. The van der Waals surface area contributed by atoms with Crippen molar-refractivity contribution < 1.29 is 14.7 Å². The molecule has 2 rings (SSSR count). The highest BCUT2D eigenvalue weighted by Crippen LogP contribution is 2.36. The molecule has 132 valence electrons. The van der Waals surface area contributed by atoms with Crippen molar-refractivity contribution in [1.82, 2.24) is 5.32 Å². The summed E-state index contributed by atoms with van der Waals surface area (Å²) in [5.74, 6) is -0.154. The molecule has 0 aliphatic heterocycles. The molecule has 0 atom stereocenters. The van der Waals surface area contributed by atoms with Gasteiger partial charge in [0.1, 0.15) is 5.54 Å². The van der Waals surface area contributed by atoms with Crippen molar-refractivity contribution in [3.8, 4) is 0 Å². The molecular formula is C19H26ClNO3. The Hall–Kier alpha value is -1.55. The zero-order valence-corrected chi connectivity index (χ0v) is 15.3. The van der Waals surface area contributed by atoms with Crippen LogP contribution in [-0.2, 0) is 16.0 Å². The molecule has 4 nitrogen and oxygen atoms in total. The fourth-order valence-electron chi connectivity index (χ4n) is 3.47. The first-order valence-corrected chi connectivity index (χ1v) is 8.91. The van der Waals surface area contributed by atoms with Gasteiger partial charge >= 0.3 is 5.97 Å². The van der Waals surface area contributed by atoms with E-state index >= 15 is 0 Å². The van der Waals surface area contributed by atoms with Gasteiger partial charge in [0.25, 0.3) is 0 Å². The summed E-state index contributed by atoms with van der Waals surface area (Å²) in [6.45, 7) is 6.26. The molecule has 0 aromatic heterocycles. The highest BCUT2D eigenvalue weighted by molar-refractivity contribution is 6.31. The van der Waals surface area contributed by atoms with Gasteiger partial charge in [0.05, 0.1) is 6.42 Å². The molecular weight excluding hydrogens is 326 g/mol. The van der Waals surface area contributed by atoms with E-state index in [2.05, 4.69) is 19.2 Å². The van der Waals surface area contributed by atoms with Gasteiger partial charge in [0.15, 0.2) is 0 Å². The first-order valence-electron chi connectivity index (χ1n) is 8.53. The minimum atomic E-state index is -1.14. The number of aryl methyl sites for hydroxylation is 1. The van der Waals surface area contributed by atoms with Crippen molar-refractivity contribution >= 4 is 23.5 Å². The van der Waals surface area contributed by atoms with E-state index in [1.165, 1.54) is 0 Å². The Kier molecular flexibility index (Phi) is 5.92. The quantitative estimate of drug-likeness (QED) is 0.843. The molecule has 24 heavy (non-hydrogen) atoms. The largest absolute Gasteiger partial charge is 0.480 e. The molecule has 0 bridgehead atoms. The van der Waals surface area contributed by atoms with Crippen molar-refractivity contribution in [1.29, 1.82) is 0 Å². The number of rotatable bonds is 5. The Morgan fingerprint density at radius 2 is 1.96 bits per heavy atom. The van der Waals surface area contributed by atoms with Crippen molar-refractivity contribution in [2.45, 2.75) is 58.4 Å². The second-order valence-electron chi connectivity index (χ2n) is 7.29. The third-order valence-electron chi connectivity index (χ3n) is 5.17. The van der Waals surface area contributed by atoms with E-state index in [1.54, 1.807) is 0 Å². The summed E-state index contributed by atoms with van der Waals surface area (Å²) in [5.41, 5.74) is 0.606. The molecule has 2 N–H and O–H groups in total. The Labute approximate surface area is 148 Å². The van der Waals surface area contributed by atoms with Crippen molar-refractivity contribution in [3.63, 3.8) is 0 Å². The van der Waals surface area contributed by atoms with Gasteiger partial charge in [-0.3, -0.25) is 4.79 Å². The SMILES string of the molecule is Cc1ccc(CC(=O)NC2(C(=O)O)CCC(C(C)C)CC2)c(Cl)c1. The average molecular weight is 352 g/mol.